The molecule has 1 fully saturated rings. The first-order valence-electron chi connectivity index (χ1n) is 9.65. The number of esters is 1. The number of carbonyl (C=O) groups is 1. The number of carbonyl (C=O) groups excluding carboxylic acids is 1. The van der Waals surface area contributed by atoms with Gasteiger partial charge in [0.05, 0.1) is 18.6 Å². The highest BCUT2D eigenvalue weighted by Gasteiger charge is 2.43. The number of hydrogen-bond acceptors (Lipinski definition) is 5. The molecule has 2 heterocycles. The van der Waals surface area contributed by atoms with E-state index in [1.807, 2.05) is 37.3 Å². The van der Waals surface area contributed by atoms with E-state index >= 15 is 0 Å². The predicted molar refractivity (Wildman–Crippen MR) is 103 cm³/mol. The van der Waals surface area contributed by atoms with E-state index in [-0.39, 0.29) is 5.97 Å². The van der Waals surface area contributed by atoms with E-state index in [2.05, 4.69) is 17.0 Å². The zero-order chi connectivity index (χ0) is 19.1. The molecule has 0 spiro atoms. The zero-order valence-corrected chi connectivity index (χ0v) is 16.3. The van der Waals surface area contributed by atoms with Crippen molar-refractivity contribution in [1.29, 1.82) is 0 Å². The second kappa shape index (κ2) is 9.20. The van der Waals surface area contributed by atoms with Gasteiger partial charge < -0.3 is 13.9 Å². The smallest absolute Gasteiger partial charge is 0.313 e. The fourth-order valence-electron chi connectivity index (χ4n) is 3.96. The molecular formula is C22H29NO4. The molecule has 0 saturated carbocycles. The largest absolute Gasteiger partial charge is 0.466 e. The first kappa shape index (κ1) is 19.6. The van der Waals surface area contributed by atoms with Crippen LogP contribution in [0.1, 0.15) is 36.8 Å². The van der Waals surface area contributed by atoms with E-state index in [1.165, 1.54) is 5.56 Å². The lowest BCUT2D eigenvalue weighted by Crippen LogP contribution is -2.49. The molecule has 5 nitrogen and oxygen atoms in total. The summed E-state index contributed by atoms with van der Waals surface area (Å²) in [5.74, 6) is 1.64. The van der Waals surface area contributed by atoms with Gasteiger partial charge in [0, 0.05) is 13.7 Å². The first-order chi connectivity index (χ1) is 13.1. The summed E-state index contributed by atoms with van der Waals surface area (Å²) in [6.07, 6.45) is 2.53. The molecule has 1 aromatic heterocycles. The third kappa shape index (κ3) is 4.99. The molecule has 5 heteroatoms. The molecule has 0 amide bonds. The molecule has 3 rings (SSSR count). The molecule has 1 atom stereocenters. The lowest BCUT2D eigenvalue weighted by Gasteiger charge is -2.40. The fraction of sp³-hybridized carbons (Fsp3) is 0.500. The molecule has 0 aliphatic carbocycles. The average molecular weight is 371 g/mol. The minimum absolute atomic E-state index is 0.0851. The van der Waals surface area contributed by atoms with Gasteiger partial charge in [0.25, 0.3) is 0 Å². The van der Waals surface area contributed by atoms with Crippen LogP contribution >= 0.6 is 0 Å². The Morgan fingerprint density at radius 3 is 2.70 bits per heavy atom. The van der Waals surface area contributed by atoms with Gasteiger partial charge in [0.1, 0.15) is 18.1 Å². The monoisotopic (exact) mass is 371 g/mol. The zero-order valence-electron chi connectivity index (χ0n) is 16.3. The van der Waals surface area contributed by atoms with Crippen molar-refractivity contribution >= 4 is 5.97 Å². The molecule has 2 aromatic rings. The summed E-state index contributed by atoms with van der Waals surface area (Å²) in [7, 11) is 1.66. The van der Waals surface area contributed by atoms with Gasteiger partial charge in [-0.05, 0) is 50.4 Å². The number of nitrogens with zero attached hydrogens (tertiary/aromatic N) is 1. The van der Waals surface area contributed by atoms with E-state index in [0.717, 1.165) is 30.9 Å². The molecule has 1 saturated heterocycles. The Morgan fingerprint density at radius 2 is 1.96 bits per heavy atom. The van der Waals surface area contributed by atoms with Gasteiger partial charge in [-0.1, -0.05) is 30.3 Å². The number of likely N-dealkylation sites (tertiary alicyclic amines) is 1. The number of rotatable bonds is 8. The van der Waals surface area contributed by atoms with Crippen molar-refractivity contribution in [2.75, 3.05) is 26.8 Å². The van der Waals surface area contributed by atoms with Crippen LogP contribution in [0.4, 0.5) is 0 Å². The molecule has 0 radical (unpaired) electrons. The maximum atomic E-state index is 12.9. The molecule has 0 N–H and O–H groups in total. The highest BCUT2D eigenvalue weighted by atomic mass is 16.5. The van der Waals surface area contributed by atoms with Crippen LogP contribution in [-0.4, -0.2) is 37.7 Å². The number of piperidine rings is 1. The third-order valence-electron chi connectivity index (χ3n) is 5.13. The second-order valence-electron chi connectivity index (χ2n) is 7.28. The maximum Gasteiger partial charge on any atom is 0.313 e. The second-order valence-corrected chi connectivity index (χ2v) is 7.28. The van der Waals surface area contributed by atoms with Gasteiger partial charge in [-0.15, -0.1) is 0 Å². The Balaban J connectivity index is 1.75. The molecule has 146 valence electrons. The van der Waals surface area contributed by atoms with Crippen molar-refractivity contribution in [1.82, 2.24) is 4.90 Å². The Bertz CT molecular complexity index is 727. The first-order valence-corrected chi connectivity index (χ1v) is 9.65. The molecule has 0 unspecified atom stereocenters. The van der Waals surface area contributed by atoms with Crippen molar-refractivity contribution < 1.29 is 18.7 Å². The Kier molecular flexibility index (Phi) is 6.69. The Labute approximate surface area is 161 Å². The van der Waals surface area contributed by atoms with E-state index < -0.39 is 5.41 Å². The molecule has 1 aromatic carbocycles. The predicted octanol–water partition coefficient (Wildman–Crippen LogP) is 3.81. The van der Waals surface area contributed by atoms with Crippen LogP contribution in [0.15, 0.2) is 46.9 Å². The van der Waals surface area contributed by atoms with Gasteiger partial charge in [0.2, 0.25) is 0 Å². The van der Waals surface area contributed by atoms with Gasteiger partial charge in [-0.3, -0.25) is 9.69 Å². The molecule has 27 heavy (non-hydrogen) atoms. The van der Waals surface area contributed by atoms with E-state index in [0.29, 0.717) is 32.7 Å². The van der Waals surface area contributed by atoms with Crippen LogP contribution in [0.3, 0.4) is 0 Å². The standard InChI is InChI=1S/C22H29NO4/c1-3-26-21(24)22(14-18-8-5-4-6-9-18)12-7-13-23(17-22)15-19-10-11-20(27-19)16-25-2/h4-6,8-11H,3,7,12-17H2,1-2H3/t22-/m1/s1. The van der Waals surface area contributed by atoms with Crippen LogP contribution in [0, 0.1) is 5.41 Å². The SMILES string of the molecule is CCOC(=O)[C@@]1(Cc2ccccc2)CCCN(Cc2ccc(COC)o2)C1. The van der Waals surface area contributed by atoms with Gasteiger partial charge in [-0.2, -0.15) is 0 Å². The molecular weight excluding hydrogens is 342 g/mol. The number of ether oxygens (including phenoxy) is 2. The van der Waals surface area contributed by atoms with E-state index in [9.17, 15) is 4.79 Å². The van der Waals surface area contributed by atoms with Crippen LogP contribution in [-0.2, 0) is 33.8 Å². The Morgan fingerprint density at radius 1 is 1.19 bits per heavy atom. The van der Waals surface area contributed by atoms with Crippen molar-refractivity contribution in [2.24, 2.45) is 5.41 Å². The fourth-order valence-corrected chi connectivity index (χ4v) is 3.96. The number of benzene rings is 1. The highest BCUT2D eigenvalue weighted by molar-refractivity contribution is 5.77. The topological polar surface area (TPSA) is 51.9 Å². The van der Waals surface area contributed by atoms with E-state index in [1.54, 1.807) is 7.11 Å². The van der Waals surface area contributed by atoms with Crippen LogP contribution < -0.4 is 0 Å². The summed E-state index contributed by atoms with van der Waals surface area (Å²) in [5.41, 5.74) is 0.671. The lowest BCUT2D eigenvalue weighted by molar-refractivity contribution is -0.159. The van der Waals surface area contributed by atoms with Crippen molar-refractivity contribution in [3.05, 3.63) is 59.5 Å². The molecule has 1 aliphatic rings. The van der Waals surface area contributed by atoms with Crippen molar-refractivity contribution in [2.45, 2.75) is 39.3 Å². The summed E-state index contributed by atoms with van der Waals surface area (Å²) in [6.45, 7) is 5.08. The molecule has 1 aliphatic heterocycles. The summed E-state index contributed by atoms with van der Waals surface area (Å²) >= 11 is 0. The summed E-state index contributed by atoms with van der Waals surface area (Å²) < 4.78 is 16.4. The lowest BCUT2D eigenvalue weighted by atomic mass is 9.75. The summed E-state index contributed by atoms with van der Waals surface area (Å²) in [6, 6.07) is 14.2. The van der Waals surface area contributed by atoms with Crippen LogP contribution in [0.2, 0.25) is 0 Å². The number of methoxy groups -OCH3 is 1. The number of furan rings is 1. The maximum absolute atomic E-state index is 12.9. The van der Waals surface area contributed by atoms with Gasteiger partial charge in [0.15, 0.2) is 0 Å². The molecule has 0 bridgehead atoms. The minimum atomic E-state index is -0.502. The van der Waals surface area contributed by atoms with Crippen molar-refractivity contribution in [3.8, 4) is 0 Å². The average Bonchev–Trinajstić information content (AvgIpc) is 3.10. The Hall–Kier alpha value is -2.11. The van der Waals surface area contributed by atoms with Crippen LogP contribution in [0.25, 0.3) is 0 Å². The normalized spacial score (nSPS) is 20.5. The summed E-state index contributed by atoms with van der Waals surface area (Å²) in [4.78, 5) is 15.2. The van der Waals surface area contributed by atoms with Crippen LogP contribution in [0.5, 0.6) is 0 Å². The summed E-state index contributed by atoms with van der Waals surface area (Å²) in [5, 5.41) is 0. The quantitative estimate of drug-likeness (QED) is 0.661. The number of hydrogen-bond donors (Lipinski definition) is 0. The minimum Gasteiger partial charge on any atom is -0.466 e. The third-order valence-corrected chi connectivity index (χ3v) is 5.13. The van der Waals surface area contributed by atoms with E-state index in [4.69, 9.17) is 13.9 Å². The highest BCUT2D eigenvalue weighted by Crippen LogP contribution is 2.36. The van der Waals surface area contributed by atoms with Gasteiger partial charge in [-0.25, -0.2) is 0 Å². The van der Waals surface area contributed by atoms with Gasteiger partial charge >= 0.3 is 5.97 Å². The van der Waals surface area contributed by atoms with Crippen molar-refractivity contribution in [3.63, 3.8) is 0 Å².